The normalized spacial score (nSPS) is 11.9. The predicted molar refractivity (Wildman–Crippen MR) is 79.2 cm³/mol. The molecule has 0 aliphatic rings. The van der Waals surface area contributed by atoms with E-state index in [9.17, 15) is 15.0 Å². The van der Waals surface area contributed by atoms with Gasteiger partial charge in [0.1, 0.15) is 5.75 Å². The molecule has 0 fully saturated rings. The largest absolute Gasteiger partial charge is 0.508 e. The van der Waals surface area contributed by atoms with Crippen LogP contribution in [0.25, 0.3) is 0 Å². The summed E-state index contributed by atoms with van der Waals surface area (Å²) < 4.78 is 0. The number of aliphatic hydroxyl groups is 1. The van der Waals surface area contributed by atoms with E-state index in [1.54, 1.807) is 48.5 Å². The number of aliphatic carboxylic acids is 1. The lowest BCUT2D eigenvalue weighted by molar-refractivity contribution is -0.146. The van der Waals surface area contributed by atoms with Crippen molar-refractivity contribution >= 4 is 11.7 Å². The third-order valence-corrected chi connectivity index (χ3v) is 3.22. The van der Waals surface area contributed by atoms with Crippen LogP contribution in [0.15, 0.2) is 54.6 Å². The molecular weight excluding hydrogens is 270 g/mol. The highest BCUT2D eigenvalue weighted by atomic mass is 16.4. The number of nitrogens with zero attached hydrogens (tertiary/aromatic N) is 1. The van der Waals surface area contributed by atoms with E-state index in [2.05, 4.69) is 0 Å². The van der Waals surface area contributed by atoms with E-state index in [1.165, 1.54) is 4.90 Å². The number of para-hydroxylation sites is 2. The van der Waals surface area contributed by atoms with Gasteiger partial charge in [0.15, 0.2) is 0 Å². The number of phenols is 1. The maximum atomic E-state index is 11.1. The average molecular weight is 287 g/mol. The lowest BCUT2D eigenvalue weighted by Crippen LogP contribution is -2.42. The number of aromatic hydroxyl groups is 1. The van der Waals surface area contributed by atoms with Gasteiger partial charge >= 0.3 is 5.97 Å². The van der Waals surface area contributed by atoms with Gasteiger partial charge in [0.05, 0.1) is 0 Å². The second-order valence-electron chi connectivity index (χ2n) is 4.62. The minimum absolute atomic E-state index is 0.162. The van der Waals surface area contributed by atoms with E-state index in [0.717, 1.165) is 0 Å². The second-order valence-corrected chi connectivity index (χ2v) is 4.62. The van der Waals surface area contributed by atoms with E-state index in [0.29, 0.717) is 17.7 Å². The molecule has 0 amide bonds. The fourth-order valence-electron chi connectivity index (χ4n) is 2.11. The first-order valence-electron chi connectivity index (χ1n) is 6.59. The van der Waals surface area contributed by atoms with Gasteiger partial charge in [-0.25, -0.2) is 4.79 Å². The van der Waals surface area contributed by atoms with Crippen LogP contribution in [0.5, 0.6) is 5.75 Å². The number of aliphatic hydroxyl groups excluding tert-OH is 1. The Labute approximate surface area is 122 Å². The minimum Gasteiger partial charge on any atom is -0.508 e. The number of anilines is 1. The Morgan fingerprint density at radius 1 is 1.05 bits per heavy atom. The maximum absolute atomic E-state index is 11.1. The summed E-state index contributed by atoms with van der Waals surface area (Å²) in [6.45, 7) is 0.273. The lowest BCUT2D eigenvalue weighted by atomic mass is 10.1. The average Bonchev–Trinajstić information content (AvgIpc) is 2.50. The maximum Gasteiger partial charge on any atom is 0.354 e. The van der Waals surface area contributed by atoms with Crippen molar-refractivity contribution in [1.29, 1.82) is 0 Å². The fraction of sp³-hybridized carbons (Fsp3) is 0.188. The molecule has 0 saturated carbocycles. The van der Waals surface area contributed by atoms with Crippen molar-refractivity contribution in [2.75, 3.05) is 11.4 Å². The third kappa shape index (κ3) is 3.73. The van der Waals surface area contributed by atoms with Gasteiger partial charge in [0.25, 0.3) is 0 Å². The predicted octanol–water partition coefficient (Wildman–Crippen LogP) is 1.84. The van der Waals surface area contributed by atoms with Crippen LogP contribution in [-0.2, 0) is 11.2 Å². The number of hydrogen-bond acceptors (Lipinski definition) is 4. The zero-order valence-corrected chi connectivity index (χ0v) is 11.4. The molecule has 3 N–H and O–H groups in total. The summed E-state index contributed by atoms with van der Waals surface area (Å²) in [6, 6.07) is 15.7. The van der Waals surface area contributed by atoms with E-state index in [1.807, 2.05) is 6.07 Å². The molecule has 110 valence electrons. The first-order valence-corrected chi connectivity index (χ1v) is 6.59. The molecule has 0 aliphatic carbocycles. The van der Waals surface area contributed by atoms with Crippen molar-refractivity contribution in [3.8, 4) is 5.75 Å². The Morgan fingerprint density at radius 3 is 2.29 bits per heavy atom. The molecular formula is C16H17NO4. The monoisotopic (exact) mass is 287 g/mol. The molecule has 0 aliphatic heterocycles. The smallest absolute Gasteiger partial charge is 0.354 e. The minimum atomic E-state index is -1.63. The molecule has 0 aromatic heterocycles. The highest BCUT2D eigenvalue weighted by Crippen LogP contribution is 2.20. The SMILES string of the molecule is O=C(O)C(O)N(CCc1ccccc1O)c1ccccc1. The summed E-state index contributed by atoms with van der Waals surface area (Å²) in [4.78, 5) is 12.4. The zero-order valence-electron chi connectivity index (χ0n) is 11.4. The molecule has 1 unspecified atom stereocenters. The van der Waals surface area contributed by atoms with Gasteiger partial charge in [0.2, 0.25) is 6.23 Å². The number of carbonyl (C=O) groups is 1. The van der Waals surface area contributed by atoms with Crippen molar-refractivity contribution in [1.82, 2.24) is 0 Å². The zero-order chi connectivity index (χ0) is 15.2. The Kier molecular flexibility index (Phi) is 4.79. The molecule has 1 atom stereocenters. The third-order valence-electron chi connectivity index (χ3n) is 3.22. The number of carboxylic acid groups (broad SMARTS) is 1. The number of rotatable bonds is 6. The summed E-state index contributed by atoms with van der Waals surface area (Å²) in [5.74, 6) is -1.15. The van der Waals surface area contributed by atoms with Crippen LogP contribution in [0.2, 0.25) is 0 Å². The molecule has 2 aromatic carbocycles. The summed E-state index contributed by atoms with van der Waals surface area (Å²) in [5, 5.41) is 28.6. The van der Waals surface area contributed by atoms with Crippen molar-refractivity contribution in [2.45, 2.75) is 12.6 Å². The number of benzene rings is 2. The molecule has 5 nitrogen and oxygen atoms in total. The van der Waals surface area contributed by atoms with Gasteiger partial charge in [-0.05, 0) is 30.2 Å². The van der Waals surface area contributed by atoms with Crippen LogP contribution in [0.4, 0.5) is 5.69 Å². The van der Waals surface area contributed by atoms with Gasteiger partial charge in [0, 0.05) is 12.2 Å². The van der Waals surface area contributed by atoms with Crippen LogP contribution in [0.1, 0.15) is 5.56 Å². The van der Waals surface area contributed by atoms with Gasteiger partial charge in [-0.2, -0.15) is 0 Å². The molecule has 5 heteroatoms. The lowest BCUT2D eigenvalue weighted by Gasteiger charge is -2.27. The van der Waals surface area contributed by atoms with Crippen LogP contribution >= 0.6 is 0 Å². The van der Waals surface area contributed by atoms with Crippen LogP contribution in [-0.4, -0.2) is 34.1 Å². The van der Waals surface area contributed by atoms with Crippen LogP contribution in [0.3, 0.4) is 0 Å². The Morgan fingerprint density at radius 2 is 1.67 bits per heavy atom. The van der Waals surface area contributed by atoms with Gasteiger partial charge in [-0.1, -0.05) is 36.4 Å². The molecule has 21 heavy (non-hydrogen) atoms. The van der Waals surface area contributed by atoms with Crippen molar-refractivity contribution in [3.05, 3.63) is 60.2 Å². The Hall–Kier alpha value is -2.53. The molecule has 0 spiro atoms. The molecule has 0 radical (unpaired) electrons. The molecule has 2 aromatic rings. The summed E-state index contributed by atoms with van der Waals surface area (Å²) in [6.07, 6.45) is -1.20. The fourth-order valence-corrected chi connectivity index (χ4v) is 2.11. The van der Waals surface area contributed by atoms with Gasteiger partial charge in [-0.15, -0.1) is 0 Å². The first-order chi connectivity index (χ1) is 10.1. The first kappa shape index (κ1) is 14.9. The van der Waals surface area contributed by atoms with Crippen LogP contribution in [0, 0.1) is 0 Å². The highest BCUT2D eigenvalue weighted by molar-refractivity contribution is 5.76. The number of phenolic OH excluding ortho intramolecular Hbond substituents is 1. The summed E-state index contributed by atoms with van der Waals surface area (Å²) in [5.41, 5.74) is 1.32. The van der Waals surface area contributed by atoms with Crippen molar-refractivity contribution in [2.24, 2.45) is 0 Å². The standard InChI is InChI=1S/C16H17NO4/c18-14-9-5-4-6-12(14)10-11-17(15(19)16(20)21)13-7-2-1-3-8-13/h1-9,15,18-19H,10-11H2,(H,20,21). The van der Waals surface area contributed by atoms with Gasteiger partial charge < -0.3 is 20.2 Å². The van der Waals surface area contributed by atoms with E-state index in [-0.39, 0.29) is 12.3 Å². The number of hydrogen-bond donors (Lipinski definition) is 3. The van der Waals surface area contributed by atoms with Crippen LogP contribution < -0.4 is 4.90 Å². The molecule has 0 saturated heterocycles. The van der Waals surface area contributed by atoms with Gasteiger partial charge in [-0.3, -0.25) is 0 Å². The number of carboxylic acids is 1. The quantitative estimate of drug-likeness (QED) is 0.706. The second kappa shape index (κ2) is 6.76. The van der Waals surface area contributed by atoms with Crippen molar-refractivity contribution in [3.63, 3.8) is 0 Å². The summed E-state index contributed by atoms with van der Waals surface area (Å²) >= 11 is 0. The van der Waals surface area contributed by atoms with Crippen molar-refractivity contribution < 1.29 is 20.1 Å². The Bertz CT molecular complexity index is 600. The van der Waals surface area contributed by atoms with E-state index in [4.69, 9.17) is 5.11 Å². The van der Waals surface area contributed by atoms with E-state index < -0.39 is 12.2 Å². The molecule has 0 heterocycles. The topological polar surface area (TPSA) is 81.0 Å². The Balaban J connectivity index is 2.17. The van der Waals surface area contributed by atoms with E-state index >= 15 is 0 Å². The highest BCUT2D eigenvalue weighted by Gasteiger charge is 2.23. The molecule has 0 bridgehead atoms. The molecule has 2 rings (SSSR count). The summed E-state index contributed by atoms with van der Waals surface area (Å²) in [7, 11) is 0.